The molecule has 1 amide bonds. The Labute approximate surface area is 166 Å². The Hall–Kier alpha value is -3.12. The van der Waals surface area contributed by atoms with Crippen molar-refractivity contribution in [3.05, 3.63) is 82.4 Å². The molecular formula is C21H16ClN3O3. The zero-order chi connectivity index (χ0) is 19.3. The van der Waals surface area contributed by atoms with Crippen molar-refractivity contribution in [1.82, 2.24) is 14.5 Å². The van der Waals surface area contributed by atoms with E-state index < -0.39 is 5.97 Å². The lowest BCUT2D eigenvalue weighted by Gasteiger charge is -2.39. The quantitative estimate of drug-likeness (QED) is 0.635. The number of carbonyl (C=O) groups is 2. The fourth-order valence-electron chi connectivity index (χ4n) is 3.80. The number of imidazole rings is 1. The number of aromatic nitrogens is 2. The van der Waals surface area contributed by atoms with Gasteiger partial charge < -0.3 is 9.64 Å². The van der Waals surface area contributed by atoms with Crippen molar-refractivity contribution in [3.8, 4) is 5.69 Å². The van der Waals surface area contributed by atoms with Gasteiger partial charge in [-0.25, -0.2) is 9.78 Å². The highest BCUT2D eigenvalue weighted by Crippen LogP contribution is 2.42. The van der Waals surface area contributed by atoms with Crippen LogP contribution in [0.25, 0.3) is 5.69 Å². The van der Waals surface area contributed by atoms with Crippen LogP contribution in [0.4, 0.5) is 0 Å². The molecule has 0 aliphatic carbocycles. The summed E-state index contributed by atoms with van der Waals surface area (Å²) in [5.74, 6) is -0.619. The highest BCUT2D eigenvalue weighted by atomic mass is 35.5. The van der Waals surface area contributed by atoms with Crippen LogP contribution in [0.3, 0.4) is 0 Å². The maximum Gasteiger partial charge on any atom is 0.359 e. The third-order valence-electron chi connectivity index (χ3n) is 5.27. The fourth-order valence-corrected chi connectivity index (χ4v) is 4.05. The van der Waals surface area contributed by atoms with E-state index in [-0.39, 0.29) is 24.2 Å². The molecular weight excluding hydrogens is 378 g/mol. The molecule has 0 spiro atoms. The number of halogens is 1. The van der Waals surface area contributed by atoms with Crippen molar-refractivity contribution in [2.75, 3.05) is 6.54 Å². The number of fused-ring (bicyclic) bond motifs is 5. The van der Waals surface area contributed by atoms with Gasteiger partial charge in [0.1, 0.15) is 12.9 Å². The van der Waals surface area contributed by atoms with Gasteiger partial charge in [0.25, 0.3) is 5.91 Å². The van der Waals surface area contributed by atoms with E-state index in [2.05, 4.69) is 4.98 Å². The molecule has 2 aromatic carbocycles. The largest absolute Gasteiger partial charge is 0.456 e. The number of hydrogen-bond donors (Lipinski definition) is 0. The monoisotopic (exact) mass is 393 g/mol. The molecule has 5 rings (SSSR count). The van der Waals surface area contributed by atoms with Crippen LogP contribution in [0.5, 0.6) is 0 Å². The first kappa shape index (κ1) is 17.0. The van der Waals surface area contributed by atoms with Gasteiger partial charge in [-0.3, -0.25) is 9.36 Å². The summed E-state index contributed by atoms with van der Waals surface area (Å²) in [6.07, 6.45) is 2.33. The van der Waals surface area contributed by atoms with Gasteiger partial charge in [-0.05, 0) is 24.1 Å². The Morgan fingerprint density at radius 2 is 2.00 bits per heavy atom. The van der Waals surface area contributed by atoms with Crippen molar-refractivity contribution < 1.29 is 14.3 Å². The van der Waals surface area contributed by atoms with Gasteiger partial charge in [0.2, 0.25) is 0 Å². The van der Waals surface area contributed by atoms with Crippen LogP contribution >= 0.6 is 11.6 Å². The molecule has 0 bridgehead atoms. The first-order chi connectivity index (χ1) is 13.6. The van der Waals surface area contributed by atoms with Gasteiger partial charge in [-0.2, -0.15) is 0 Å². The van der Waals surface area contributed by atoms with Crippen molar-refractivity contribution >= 4 is 23.5 Å². The Balaban J connectivity index is 1.54. The summed E-state index contributed by atoms with van der Waals surface area (Å²) >= 11 is 6.33. The van der Waals surface area contributed by atoms with Gasteiger partial charge in [-0.1, -0.05) is 48.0 Å². The average Bonchev–Trinajstić information content (AvgIpc) is 3.07. The molecule has 1 saturated heterocycles. The van der Waals surface area contributed by atoms with Crippen LogP contribution in [0, 0.1) is 0 Å². The zero-order valence-corrected chi connectivity index (χ0v) is 15.6. The number of benzene rings is 2. The van der Waals surface area contributed by atoms with Crippen LogP contribution in [0.1, 0.15) is 44.6 Å². The second kappa shape index (κ2) is 6.49. The fraction of sp³-hybridized carbons (Fsp3) is 0.190. The van der Waals surface area contributed by atoms with Gasteiger partial charge >= 0.3 is 5.97 Å². The molecule has 1 fully saturated rings. The Morgan fingerprint density at radius 1 is 1.18 bits per heavy atom. The second-order valence-corrected chi connectivity index (χ2v) is 7.25. The smallest absolute Gasteiger partial charge is 0.359 e. The minimum atomic E-state index is -0.498. The molecule has 0 radical (unpaired) electrons. The summed E-state index contributed by atoms with van der Waals surface area (Å²) in [4.78, 5) is 31.8. The number of nitrogens with zero attached hydrogens (tertiary/aromatic N) is 3. The van der Waals surface area contributed by atoms with E-state index in [1.807, 2.05) is 36.4 Å². The number of amides is 1. The standard InChI is InChI=1S/C21H16ClN3O3/c22-14-7-4-8-15-17(14)20(26)24-10-9-16(24)19-18(23-12-25(15)19)21(27)28-11-13-5-2-1-3-6-13/h1-8,12,16H,9-11H2/t16-/m0/s1. The predicted molar refractivity (Wildman–Crippen MR) is 103 cm³/mol. The third-order valence-corrected chi connectivity index (χ3v) is 5.59. The number of rotatable bonds is 3. The molecule has 6 nitrogen and oxygen atoms in total. The van der Waals surface area contributed by atoms with Crippen LogP contribution in [0.15, 0.2) is 54.9 Å². The van der Waals surface area contributed by atoms with Crippen molar-refractivity contribution in [2.45, 2.75) is 19.1 Å². The SMILES string of the molecule is O=C(OCc1ccccc1)c1ncn2c1[C@@H]1CCN1C(=O)c1c(Cl)cccc1-2. The van der Waals surface area contributed by atoms with E-state index in [4.69, 9.17) is 16.3 Å². The lowest BCUT2D eigenvalue weighted by Crippen LogP contribution is -2.45. The summed E-state index contributed by atoms with van der Waals surface area (Å²) < 4.78 is 7.27. The van der Waals surface area contributed by atoms with Crippen LogP contribution in [0.2, 0.25) is 5.02 Å². The molecule has 7 heteroatoms. The molecule has 3 aromatic rings. The van der Waals surface area contributed by atoms with Gasteiger partial charge in [0.05, 0.1) is 28.0 Å². The summed E-state index contributed by atoms with van der Waals surface area (Å²) in [7, 11) is 0. The number of ether oxygens (including phenoxy) is 1. The summed E-state index contributed by atoms with van der Waals surface area (Å²) in [6.45, 7) is 0.791. The minimum absolute atomic E-state index is 0.121. The molecule has 0 saturated carbocycles. The summed E-state index contributed by atoms with van der Waals surface area (Å²) in [5.41, 5.74) is 2.90. The summed E-state index contributed by atoms with van der Waals surface area (Å²) in [6, 6.07) is 14.6. The predicted octanol–water partition coefficient (Wildman–Crippen LogP) is 3.78. The van der Waals surface area contributed by atoms with E-state index in [0.29, 0.717) is 28.5 Å². The Bertz CT molecular complexity index is 1090. The molecule has 0 N–H and O–H groups in total. The number of esters is 1. The van der Waals surface area contributed by atoms with Gasteiger partial charge in [-0.15, -0.1) is 0 Å². The van der Waals surface area contributed by atoms with E-state index in [9.17, 15) is 9.59 Å². The minimum Gasteiger partial charge on any atom is -0.456 e. The Morgan fingerprint density at radius 3 is 2.75 bits per heavy atom. The van der Waals surface area contributed by atoms with E-state index in [1.165, 1.54) is 0 Å². The molecule has 1 atom stereocenters. The maximum atomic E-state index is 13.0. The third kappa shape index (κ3) is 2.52. The number of carbonyl (C=O) groups excluding carboxylic acids is 2. The molecule has 2 aliphatic heterocycles. The number of hydrogen-bond acceptors (Lipinski definition) is 4. The molecule has 1 aromatic heterocycles. The molecule has 140 valence electrons. The first-order valence-corrected chi connectivity index (χ1v) is 9.41. The molecule has 2 aliphatic rings. The molecule has 3 heterocycles. The lowest BCUT2D eigenvalue weighted by molar-refractivity contribution is 0.0408. The van der Waals surface area contributed by atoms with Gasteiger partial charge in [0.15, 0.2) is 5.69 Å². The summed E-state index contributed by atoms with van der Waals surface area (Å²) in [5, 5.41) is 0.392. The van der Waals surface area contributed by atoms with Gasteiger partial charge in [0, 0.05) is 6.54 Å². The molecule has 0 unspecified atom stereocenters. The van der Waals surface area contributed by atoms with Crippen LogP contribution < -0.4 is 0 Å². The lowest BCUT2D eigenvalue weighted by atomic mass is 9.97. The second-order valence-electron chi connectivity index (χ2n) is 6.85. The topological polar surface area (TPSA) is 64.4 Å². The highest BCUT2D eigenvalue weighted by Gasteiger charge is 2.43. The highest BCUT2D eigenvalue weighted by molar-refractivity contribution is 6.34. The Kier molecular flexibility index (Phi) is 3.94. The molecule has 28 heavy (non-hydrogen) atoms. The average molecular weight is 394 g/mol. The van der Waals surface area contributed by atoms with Crippen molar-refractivity contribution in [1.29, 1.82) is 0 Å². The van der Waals surface area contributed by atoms with Crippen molar-refractivity contribution in [3.63, 3.8) is 0 Å². The maximum absolute atomic E-state index is 13.0. The van der Waals surface area contributed by atoms with Crippen LogP contribution in [-0.4, -0.2) is 32.9 Å². The zero-order valence-electron chi connectivity index (χ0n) is 14.8. The van der Waals surface area contributed by atoms with E-state index >= 15 is 0 Å². The van der Waals surface area contributed by atoms with Crippen molar-refractivity contribution in [2.24, 2.45) is 0 Å². The van der Waals surface area contributed by atoms with Crippen LogP contribution in [-0.2, 0) is 11.3 Å². The van der Waals surface area contributed by atoms with E-state index in [1.54, 1.807) is 27.9 Å². The normalized spacial score (nSPS) is 17.1. The first-order valence-electron chi connectivity index (χ1n) is 9.03. The van der Waals surface area contributed by atoms with E-state index in [0.717, 1.165) is 12.0 Å².